The molecular weight excluding hydrogens is 386 g/mol. The SMILES string of the molecule is O=C(Nc1cccnc1)N[C@H]1[C@H](O)[C@@H](n2cc(-c3ccccc3)cn2)[C@@H]2OC[C@H]1O2. The molecule has 2 aliphatic rings. The van der Waals surface area contributed by atoms with Gasteiger partial charge in [-0.15, -0.1) is 0 Å². The molecule has 0 unspecified atom stereocenters. The van der Waals surface area contributed by atoms with Crippen LogP contribution in [-0.4, -0.2) is 57.0 Å². The van der Waals surface area contributed by atoms with Crippen LogP contribution in [0.15, 0.2) is 67.3 Å². The number of benzene rings is 1. The number of carbonyl (C=O) groups excluding carboxylic acids is 1. The van der Waals surface area contributed by atoms with Gasteiger partial charge in [-0.2, -0.15) is 5.10 Å². The highest BCUT2D eigenvalue weighted by Crippen LogP contribution is 2.36. The molecule has 4 heterocycles. The van der Waals surface area contributed by atoms with Crippen molar-refractivity contribution in [3.8, 4) is 11.1 Å². The largest absolute Gasteiger partial charge is 0.388 e. The van der Waals surface area contributed by atoms with E-state index in [0.717, 1.165) is 11.1 Å². The number of hydrogen-bond donors (Lipinski definition) is 3. The fourth-order valence-electron chi connectivity index (χ4n) is 3.90. The van der Waals surface area contributed by atoms with Crippen molar-refractivity contribution >= 4 is 11.7 Å². The Labute approximate surface area is 172 Å². The topological polar surface area (TPSA) is 111 Å². The molecule has 2 amide bonds. The second kappa shape index (κ2) is 7.86. The molecule has 2 bridgehead atoms. The number of nitrogens with zero attached hydrogens (tertiary/aromatic N) is 3. The highest BCUT2D eigenvalue weighted by atomic mass is 16.7. The molecule has 5 rings (SSSR count). The third-order valence-electron chi connectivity index (χ3n) is 5.36. The number of fused-ring (bicyclic) bond motifs is 2. The van der Waals surface area contributed by atoms with Crippen molar-refractivity contribution in [2.75, 3.05) is 11.9 Å². The Morgan fingerprint density at radius 2 is 2.00 bits per heavy atom. The van der Waals surface area contributed by atoms with E-state index < -0.39 is 36.6 Å². The van der Waals surface area contributed by atoms with Gasteiger partial charge in [0.05, 0.1) is 30.7 Å². The summed E-state index contributed by atoms with van der Waals surface area (Å²) >= 11 is 0. The first kappa shape index (κ1) is 18.7. The molecule has 2 aromatic heterocycles. The van der Waals surface area contributed by atoms with Crippen molar-refractivity contribution in [1.29, 1.82) is 0 Å². The zero-order chi connectivity index (χ0) is 20.5. The number of anilines is 1. The van der Waals surface area contributed by atoms with E-state index in [-0.39, 0.29) is 6.61 Å². The van der Waals surface area contributed by atoms with Gasteiger partial charge in [0.25, 0.3) is 0 Å². The first-order chi connectivity index (χ1) is 14.7. The molecule has 3 aromatic rings. The van der Waals surface area contributed by atoms with Crippen molar-refractivity contribution in [2.24, 2.45) is 0 Å². The Bertz CT molecular complexity index is 1010. The fraction of sp³-hybridized carbons (Fsp3) is 0.286. The number of ether oxygens (including phenoxy) is 2. The van der Waals surface area contributed by atoms with E-state index in [4.69, 9.17) is 9.47 Å². The van der Waals surface area contributed by atoms with E-state index in [1.165, 1.54) is 0 Å². The van der Waals surface area contributed by atoms with Crippen molar-refractivity contribution in [3.05, 3.63) is 67.3 Å². The second-order valence-electron chi connectivity index (χ2n) is 7.30. The van der Waals surface area contributed by atoms with Gasteiger partial charge in [-0.3, -0.25) is 9.67 Å². The van der Waals surface area contributed by atoms with E-state index >= 15 is 0 Å². The molecule has 0 aliphatic carbocycles. The van der Waals surface area contributed by atoms with E-state index in [0.29, 0.717) is 5.69 Å². The van der Waals surface area contributed by atoms with Gasteiger partial charge in [0.15, 0.2) is 6.29 Å². The number of pyridine rings is 1. The molecule has 154 valence electrons. The summed E-state index contributed by atoms with van der Waals surface area (Å²) < 4.78 is 13.3. The maximum Gasteiger partial charge on any atom is 0.319 e. The van der Waals surface area contributed by atoms with Gasteiger partial charge in [-0.25, -0.2) is 4.79 Å². The van der Waals surface area contributed by atoms with Crippen molar-refractivity contribution in [2.45, 2.75) is 30.6 Å². The first-order valence-electron chi connectivity index (χ1n) is 9.71. The Morgan fingerprint density at radius 3 is 2.80 bits per heavy atom. The molecule has 2 aliphatic heterocycles. The van der Waals surface area contributed by atoms with Gasteiger partial charge >= 0.3 is 6.03 Å². The second-order valence-corrected chi connectivity index (χ2v) is 7.30. The maximum absolute atomic E-state index is 12.5. The minimum Gasteiger partial charge on any atom is -0.388 e. The molecule has 3 N–H and O–H groups in total. The lowest BCUT2D eigenvalue weighted by Crippen LogP contribution is -2.59. The maximum atomic E-state index is 12.5. The van der Waals surface area contributed by atoms with Gasteiger partial charge in [-0.1, -0.05) is 30.3 Å². The lowest BCUT2D eigenvalue weighted by atomic mass is 9.96. The quantitative estimate of drug-likeness (QED) is 0.608. The van der Waals surface area contributed by atoms with E-state index in [1.807, 2.05) is 36.5 Å². The van der Waals surface area contributed by atoms with Crippen LogP contribution in [0.2, 0.25) is 0 Å². The molecule has 2 saturated heterocycles. The summed E-state index contributed by atoms with van der Waals surface area (Å²) in [5.41, 5.74) is 2.49. The Morgan fingerprint density at radius 1 is 1.13 bits per heavy atom. The molecule has 0 spiro atoms. The van der Waals surface area contributed by atoms with Gasteiger partial charge in [0.1, 0.15) is 18.2 Å². The number of aliphatic hydroxyl groups excluding tert-OH is 1. The van der Waals surface area contributed by atoms with Crippen LogP contribution >= 0.6 is 0 Å². The average molecular weight is 407 g/mol. The normalized spacial score (nSPS) is 27.6. The van der Waals surface area contributed by atoms with Crippen molar-refractivity contribution < 1.29 is 19.4 Å². The Hall–Kier alpha value is -3.27. The standard InChI is InChI=1S/C21H21N5O4/c27-19-17(25-21(28)24-15-7-4-8-22-10-15)16-12-29-20(30-16)18(19)26-11-14(9-23-26)13-5-2-1-3-6-13/h1-11,16-20,27H,12H2,(H2,24,25,28)/t16-,17-,18-,19+,20-/m1/s1. The first-order valence-corrected chi connectivity index (χ1v) is 9.71. The number of nitrogens with one attached hydrogen (secondary N) is 2. The van der Waals surface area contributed by atoms with Crippen molar-refractivity contribution in [3.63, 3.8) is 0 Å². The molecular formula is C21H21N5O4. The zero-order valence-corrected chi connectivity index (χ0v) is 16.0. The predicted molar refractivity (Wildman–Crippen MR) is 107 cm³/mol. The Kier molecular flexibility index (Phi) is 4.91. The smallest absolute Gasteiger partial charge is 0.319 e. The molecule has 1 aromatic carbocycles. The predicted octanol–water partition coefficient (Wildman–Crippen LogP) is 1.79. The Balaban J connectivity index is 1.34. The summed E-state index contributed by atoms with van der Waals surface area (Å²) in [5.74, 6) is 0. The van der Waals surface area contributed by atoms with Crippen LogP contribution in [0.5, 0.6) is 0 Å². The van der Waals surface area contributed by atoms with Crippen LogP contribution in [0.3, 0.4) is 0 Å². The van der Waals surface area contributed by atoms with Crippen LogP contribution in [0.25, 0.3) is 11.1 Å². The molecule has 2 fully saturated rings. The fourth-order valence-corrected chi connectivity index (χ4v) is 3.90. The van der Waals surface area contributed by atoms with E-state index in [9.17, 15) is 9.90 Å². The van der Waals surface area contributed by atoms with Crippen LogP contribution in [0, 0.1) is 0 Å². The average Bonchev–Trinajstić information content (AvgIpc) is 3.42. The molecule has 9 nitrogen and oxygen atoms in total. The molecule has 0 radical (unpaired) electrons. The highest BCUT2D eigenvalue weighted by molar-refractivity contribution is 5.89. The number of amides is 2. The van der Waals surface area contributed by atoms with Gasteiger partial charge < -0.3 is 25.2 Å². The number of aliphatic hydroxyl groups is 1. The minimum atomic E-state index is -0.945. The summed E-state index contributed by atoms with van der Waals surface area (Å²) in [6, 6.07) is 11.6. The summed E-state index contributed by atoms with van der Waals surface area (Å²) in [6.07, 6.45) is 4.73. The zero-order valence-electron chi connectivity index (χ0n) is 16.0. The number of carbonyl (C=O) groups is 1. The minimum absolute atomic E-state index is 0.281. The molecule has 9 heteroatoms. The van der Waals surface area contributed by atoms with Crippen LogP contribution in [0.4, 0.5) is 10.5 Å². The van der Waals surface area contributed by atoms with E-state index in [1.54, 1.807) is 35.4 Å². The summed E-state index contributed by atoms with van der Waals surface area (Å²) in [5, 5.41) is 21.0. The number of hydrogen-bond acceptors (Lipinski definition) is 6. The van der Waals surface area contributed by atoms with Gasteiger partial charge in [-0.05, 0) is 17.7 Å². The third-order valence-corrected chi connectivity index (χ3v) is 5.36. The number of urea groups is 1. The van der Waals surface area contributed by atoms with Gasteiger partial charge in [0.2, 0.25) is 0 Å². The van der Waals surface area contributed by atoms with Crippen LogP contribution in [-0.2, 0) is 9.47 Å². The lowest BCUT2D eigenvalue weighted by molar-refractivity contribution is -0.166. The van der Waals surface area contributed by atoms with Gasteiger partial charge in [0, 0.05) is 18.0 Å². The van der Waals surface area contributed by atoms with E-state index in [2.05, 4.69) is 20.7 Å². The molecule has 5 atom stereocenters. The highest BCUT2D eigenvalue weighted by Gasteiger charge is 2.51. The number of rotatable bonds is 4. The van der Waals surface area contributed by atoms with Crippen LogP contribution in [0.1, 0.15) is 6.04 Å². The third kappa shape index (κ3) is 3.54. The monoisotopic (exact) mass is 407 g/mol. The van der Waals surface area contributed by atoms with Crippen molar-refractivity contribution in [1.82, 2.24) is 20.1 Å². The summed E-state index contributed by atoms with van der Waals surface area (Å²) in [6.45, 7) is 0.281. The molecule has 0 saturated carbocycles. The summed E-state index contributed by atoms with van der Waals surface area (Å²) in [4.78, 5) is 16.4. The molecule has 30 heavy (non-hydrogen) atoms. The lowest BCUT2D eigenvalue weighted by Gasteiger charge is -2.38. The number of aromatic nitrogens is 3. The van der Waals surface area contributed by atoms with Crippen LogP contribution < -0.4 is 10.6 Å². The summed E-state index contributed by atoms with van der Waals surface area (Å²) in [7, 11) is 0.